The average molecular weight is 646 g/mol. The molecule has 1 heterocycles. The zero-order valence-electron chi connectivity index (χ0n) is 26.8. The summed E-state index contributed by atoms with van der Waals surface area (Å²) >= 11 is 0. The second kappa shape index (κ2) is 21.2. The largest absolute Gasteiger partial charge is 0.463 e. The maximum absolute atomic E-state index is 13.5. The van der Waals surface area contributed by atoms with Gasteiger partial charge in [0.25, 0.3) is 0 Å². The number of carbonyl (C=O) groups is 6. The number of unbranched alkanes of at least 4 members (excludes halogenated alkanes) is 1. The van der Waals surface area contributed by atoms with Crippen LogP contribution in [-0.4, -0.2) is 80.8 Å². The molecule has 1 fully saturated rings. The summed E-state index contributed by atoms with van der Waals surface area (Å²) in [6.07, 6.45) is 4.20. The first-order valence-electron chi connectivity index (χ1n) is 15.7. The van der Waals surface area contributed by atoms with Crippen LogP contribution in [-0.2, 0) is 40.0 Å². The maximum atomic E-state index is 13.5. The van der Waals surface area contributed by atoms with Gasteiger partial charge in [0, 0.05) is 31.1 Å². The highest BCUT2D eigenvalue weighted by Crippen LogP contribution is 2.17. The summed E-state index contributed by atoms with van der Waals surface area (Å²) < 4.78 is 14.8. The minimum absolute atomic E-state index is 0.00461. The Kier molecular flexibility index (Phi) is 17.3. The van der Waals surface area contributed by atoms with Gasteiger partial charge >= 0.3 is 18.2 Å². The first-order valence-corrected chi connectivity index (χ1v) is 15.7. The highest BCUT2D eigenvalue weighted by Gasteiger charge is 2.30. The Morgan fingerprint density at radius 3 is 2.30 bits per heavy atom. The fourth-order valence-electron chi connectivity index (χ4n) is 4.77. The van der Waals surface area contributed by atoms with Gasteiger partial charge in [0.15, 0.2) is 0 Å². The molecule has 1 saturated heterocycles. The monoisotopic (exact) mass is 645 g/mol. The Hall–Kier alpha value is -4.62. The Balaban J connectivity index is 2.11. The van der Waals surface area contributed by atoms with E-state index in [0.29, 0.717) is 45.2 Å². The smallest absolute Gasteiger partial charge is 0.408 e. The molecule has 14 heteroatoms. The maximum Gasteiger partial charge on any atom is 0.408 e. The molecule has 254 valence electrons. The number of hydrogen-bond acceptors (Lipinski definition) is 9. The van der Waals surface area contributed by atoms with Crippen molar-refractivity contribution < 1.29 is 43.0 Å². The van der Waals surface area contributed by atoms with Gasteiger partial charge in [-0.05, 0) is 51.0 Å². The number of ether oxygens (including phenoxy) is 3. The minimum Gasteiger partial charge on any atom is -0.463 e. The van der Waals surface area contributed by atoms with Crippen molar-refractivity contribution in [1.29, 1.82) is 0 Å². The molecule has 5 amide bonds. The third-order valence-corrected chi connectivity index (χ3v) is 7.19. The molecule has 1 aromatic rings. The molecule has 2 rings (SSSR count). The number of alkyl carbamates (subject to hydrolysis) is 2. The number of carbonyl (C=O) groups excluding carboxylic acids is 6. The zero-order chi connectivity index (χ0) is 33.7. The average Bonchev–Trinajstić information content (AvgIpc) is 3.45. The number of methoxy groups -OCH3 is 1. The number of benzene rings is 1. The molecule has 1 aromatic carbocycles. The molecular formula is C32H47N5O9. The molecule has 1 unspecified atom stereocenters. The van der Waals surface area contributed by atoms with Crippen molar-refractivity contribution in [1.82, 2.24) is 26.6 Å². The number of amides is 5. The lowest BCUT2D eigenvalue weighted by molar-refractivity contribution is -0.137. The predicted molar refractivity (Wildman–Crippen MR) is 168 cm³/mol. The van der Waals surface area contributed by atoms with E-state index < -0.39 is 48.1 Å². The van der Waals surface area contributed by atoms with Gasteiger partial charge in [-0.3, -0.25) is 14.4 Å². The van der Waals surface area contributed by atoms with Crippen LogP contribution in [0, 0.1) is 5.92 Å². The van der Waals surface area contributed by atoms with Gasteiger partial charge in [0.1, 0.15) is 18.7 Å². The lowest BCUT2D eigenvalue weighted by Crippen LogP contribution is -2.55. The van der Waals surface area contributed by atoms with Crippen molar-refractivity contribution >= 4 is 35.9 Å². The molecule has 4 atom stereocenters. The SMILES string of the molecule is CCC[C@H](NC(=O)[C@@H](CCCCNC(=O)OC)NC(=O)OCc1ccccc1)C(=O)N[C@H](/C=C/C(=O)OCC)CC1CCNC1=O. The third kappa shape index (κ3) is 14.4. The molecule has 0 spiro atoms. The van der Waals surface area contributed by atoms with E-state index in [2.05, 4.69) is 31.3 Å². The van der Waals surface area contributed by atoms with Gasteiger partial charge in [0.2, 0.25) is 17.7 Å². The highest BCUT2D eigenvalue weighted by molar-refractivity contribution is 5.91. The molecule has 46 heavy (non-hydrogen) atoms. The summed E-state index contributed by atoms with van der Waals surface area (Å²) in [7, 11) is 1.26. The van der Waals surface area contributed by atoms with Crippen LogP contribution < -0.4 is 26.6 Å². The van der Waals surface area contributed by atoms with Crippen LogP contribution in [0.3, 0.4) is 0 Å². The lowest BCUT2D eigenvalue weighted by atomic mass is 9.97. The van der Waals surface area contributed by atoms with Crippen LogP contribution >= 0.6 is 0 Å². The molecule has 0 saturated carbocycles. The van der Waals surface area contributed by atoms with Crippen LogP contribution in [0.25, 0.3) is 0 Å². The molecule has 14 nitrogen and oxygen atoms in total. The van der Waals surface area contributed by atoms with Gasteiger partial charge in [0.05, 0.1) is 13.7 Å². The van der Waals surface area contributed by atoms with Gasteiger partial charge < -0.3 is 40.8 Å². The number of nitrogens with one attached hydrogen (secondary N) is 5. The van der Waals surface area contributed by atoms with Gasteiger partial charge in [-0.1, -0.05) is 49.8 Å². The van der Waals surface area contributed by atoms with Crippen molar-refractivity contribution in [3.63, 3.8) is 0 Å². The first kappa shape index (κ1) is 37.6. The van der Waals surface area contributed by atoms with Gasteiger partial charge in [-0.15, -0.1) is 0 Å². The molecule has 0 aromatic heterocycles. The molecular weight excluding hydrogens is 598 g/mol. The molecule has 5 N–H and O–H groups in total. The van der Waals surface area contributed by atoms with Crippen LogP contribution in [0.5, 0.6) is 0 Å². The van der Waals surface area contributed by atoms with Crippen LogP contribution in [0.2, 0.25) is 0 Å². The van der Waals surface area contributed by atoms with Crippen LogP contribution in [0.4, 0.5) is 9.59 Å². The Morgan fingerprint density at radius 2 is 1.65 bits per heavy atom. The topological polar surface area (TPSA) is 190 Å². The number of esters is 1. The van der Waals surface area contributed by atoms with Crippen molar-refractivity contribution in [2.45, 2.75) is 83.5 Å². The van der Waals surface area contributed by atoms with E-state index in [1.165, 1.54) is 19.3 Å². The second-order valence-corrected chi connectivity index (χ2v) is 10.8. The van der Waals surface area contributed by atoms with Gasteiger partial charge in [-0.2, -0.15) is 0 Å². The number of rotatable bonds is 19. The van der Waals surface area contributed by atoms with Crippen LogP contribution in [0.1, 0.15) is 64.4 Å². The predicted octanol–water partition coefficient (Wildman–Crippen LogP) is 2.22. The van der Waals surface area contributed by atoms with Crippen molar-refractivity contribution in [3.05, 3.63) is 48.0 Å². The lowest BCUT2D eigenvalue weighted by Gasteiger charge is -2.25. The summed E-state index contributed by atoms with van der Waals surface area (Å²) in [4.78, 5) is 75.1. The van der Waals surface area contributed by atoms with Crippen molar-refractivity contribution in [2.75, 3.05) is 26.8 Å². The summed E-state index contributed by atoms with van der Waals surface area (Å²) in [5.41, 5.74) is 0.772. The summed E-state index contributed by atoms with van der Waals surface area (Å²) in [5, 5.41) is 13.5. The normalized spacial score (nSPS) is 16.0. The van der Waals surface area contributed by atoms with Crippen molar-refractivity contribution in [3.8, 4) is 0 Å². The zero-order valence-corrected chi connectivity index (χ0v) is 26.8. The van der Waals surface area contributed by atoms with Gasteiger partial charge in [-0.25, -0.2) is 14.4 Å². The second-order valence-electron chi connectivity index (χ2n) is 10.8. The Morgan fingerprint density at radius 1 is 0.935 bits per heavy atom. The molecule has 0 aliphatic carbocycles. The minimum atomic E-state index is -1.03. The molecule has 1 aliphatic rings. The summed E-state index contributed by atoms with van der Waals surface area (Å²) in [6.45, 7) is 4.56. The molecule has 0 bridgehead atoms. The van der Waals surface area contributed by atoms with E-state index in [1.807, 2.05) is 25.1 Å². The Bertz CT molecular complexity index is 1180. The van der Waals surface area contributed by atoms with E-state index >= 15 is 0 Å². The molecule has 1 aliphatic heterocycles. The molecule has 0 radical (unpaired) electrons. The Labute approximate surface area is 269 Å². The third-order valence-electron chi connectivity index (χ3n) is 7.19. The number of hydrogen-bond donors (Lipinski definition) is 5. The van der Waals surface area contributed by atoms with E-state index in [0.717, 1.165) is 5.56 Å². The van der Waals surface area contributed by atoms with E-state index in [9.17, 15) is 28.8 Å². The first-order chi connectivity index (χ1) is 22.2. The van der Waals surface area contributed by atoms with Crippen molar-refractivity contribution in [2.24, 2.45) is 5.92 Å². The van der Waals surface area contributed by atoms with E-state index in [4.69, 9.17) is 9.47 Å². The van der Waals surface area contributed by atoms with E-state index in [-0.39, 0.29) is 37.9 Å². The highest BCUT2D eigenvalue weighted by atomic mass is 16.5. The summed E-state index contributed by atoms with van der Waals surface area (Å²) in [5.74, 6) is -2.14. The quantitative estimate of drug-likeness (QED) is 0.0650. The van der Waals surface area contributed by atoms with E-state index in [1.54, 1.807) is 19.1 Å². The standard InChI is InChI=1S/C32H47N5O9/c1-4-11-25(29(40)35-24(15-16-27(38)45-5-2)20-23-17-19-33-28(23)39)36-30(41)26(14-9-10-18-34-31(42)44-3)37-32(43)46-21-22-12-7-6-8-13-22/h6-8,12-13,15-16,23-26H,4-5,9-11,14,17-21H2,1-3H3,(H,33,39)(H,34,42)(H,35,40)(H,36,41)(H,37,43)/b16-15+/t23?,24-,25+,26-/m1/s1. The fraction of sp³-hybridized carbons (Fsp3) is 0.562. The summed E-state index contributed by atoms with van der Waals surface area (Å²) in [6, 6.07) is 6.40. The fourth-order valence-corrected chi connectivity index (χ4v) is 4.77. The van der Waals surface area contributed by atoms with Crippen LogP contribution in [0.15, 0.2) is 42.5 Å².